The lowest BCUT2D eigenvalue weighted by molar-refractivity contribution is 0.343. The van der Waals surface area contributed by atoms with Gasteiger partial charge >= 0.3 is 0 Å². The highest BCUT2D eigenvalue weighted by molar-refractivity contribution is 5.54. The molecule has 1 aromatic carbocycles. The summed E-state index contributed by atoms with van der Waals surface area (Å²) in [5.74, 6) is -0.300. The zero-order valence-corrected chi connectivity index (χ0v) is 6.44. The third-order valence-electron chi connectivity index (χ3n) is 1.42. The molecule has 3 N–H and O–H groups in total. The normalized spacial score (nSPS) is 10.8. The van der Waals surface area contributed by atoms with Crippen LogP contribution in [0.3, 0.4) is 0 Å². The third-order valence-corrected chi connectivity index (χ3v) is 1.42. The van der Waals surface area contributed by atoms with Crippen LogP contribution in [0.15, 0.2) is 24.3 Å². The summed E-state index contributed by atoms with van der Waals surface area (Å²) in [6.07, 6.45) is 3.20. The Kier molecular flexibility index (Phi) is 2.71. The van der Waals surface area contributed by atoms with Crippen molar-refractivity contribution in [1.29, 1.82) is 0 Å². The van der Waals surface area contributed by atoms with Crippen LogP contribution in [0.4, 0.5) is 0 Å². The number of hydrogen-bond acceptors (Lipinski definition) is 3. The molecule has 0 heterocycles. The Labute approximate surface area is 70.2 Å². The van der Waals surface area contributed by atoms with Crippen molar-refractivity contribution in [2.45, 2.75) is 0 Å². The van der Waals surface area contributed by atoms with Gasteiger partial charge in [0.2, 0.25) is 0 Å². The van der Waals surface area contributed by atoms with E-state index >= 15 is 0 Å². The molecule has 3 nitrogen and oxygen atoms in total. The fraction of sp³-hybridized carbons (Fsp3) is 0.111. The number of aliphatic hydroxyl groups excluding tert-OH is 1. The maximum atomic E-state index is 9.05. The van der Waals surface area contributed by atoms with Crippen molar-refractivity contribution in [3.63, 3.8) is 0 Å². The molecule has 0 unspecified atom stereocenters. The number of hydrogen-bond donors (Lipinski definition) is 3. The van der Waals surface area contributed by atoms with Gasteiger partial charge in [0.05, 0.1) is 6.61 Å². The summed E-state index contributed by atoms with van der Waals surface area (Å²) in [6, 6.07) is 4.45. The minimum Gasteiger partial charge on any atom is -0.504 e. The summed E-state index contributed by atoms with van der Waals surface area (Å²) >= 11 is 0. The molecule has 1 rings (SSSR count). The van der Waals surface area contributed by atoms with Crippen LogP contribution in [0.2, 0.25) is 0 Å². The quantitative estimate of drug-likeness (QED) is 0.576. The van der Waals surface area contributed by atoms with Gasteiger partial charge in [-0.1, -0.05) is 18.2 Å². The zero-order valence-electron chi connectivity index (χ0n) is 6.44. The van der Waals surface area contributed by atoms with E-state index in [1.54, 1.807) is 18.2 Å². The smallest absolute Gasteiger partial charge is 0.157 e. The molecular formula is C9H10O3. The highest BCUT2D eigenvalue weighted by Crippen LogP contribution is 2.25. The summed E-state index contributed by atoms with van der Waals surface area (Å²) in [7, 11) is 0. The van der Waals surface area contributed by atoms with Gasteiger partial charge in [-0.2, -0.15) is 0 Å². The summed E-state index contributed by atoms with van der Waals surface area (Å²) in [5.41, 5.74) is 0.736. The van der Waals surface area contributed by atoms with Crippen LogP contribution in [0.5, 0.6) is 11.5 Å². The molecule has 0 amide bonds. The monoisotopic (exact) mass is 166 g/mol. The average Bonchev–Trinajstić information content (AvgIpc) is 2.07. The van der Waals surface area contributed by atoms with Crippen molar-refractivity contribution >= 4 is 6.08 Å². The van der Waals surface area contributed by atoms with Gasteiger partial charge in [0.15, 0.2) is 11.5 Å². The Morgan fingerprint density at radius 2 is 1.92 bits per heavy atom. The molecule has 0 aliphatic rings. The Morgan fingerprint density at radius 1 is 1.17 bits per heavy atom. The minimum absolute atomic E-state index is 0.0400. The van der Waals surface area contributed by atoms with E-state index in [0.717, 1.165) is 5.56 Å². The van der Waals surface area contributed by atoms with Crippen molar-refractivity contribution in [3.8, 4) is 11.5 Å². The average molecular weight is 166 g/mol. The Hall–Kier alpha value is -1.48. The number of aliphatic hydroxyl groups is 1. The van der Waals surface area contributed by atoms with Gasteiger partial charge in [0.25, 0.3) is 0 Å². The Morgan fingerprint density at radius 3 is 2.50 bits per heavy atom. The Balaban J connectivity index is 2.89. The first-order chi connectivity index (χ1) is 5.74. The molecule has 0 bridgehead atoms. The standard InChI is InChI=1S/C9H10O3/c10-5-1-2-7-3-4-8(11)9(12)6-7/h1-4,6,10-12H,5H2/b2-1-. The van der Waals surface area contributed by atoms with Gasteiger partial charge < -0.3 is 15.3 Å². The molecule has 64 valence electrons. The SMILES string of the molecule is OC/C=C\c1ccc(O)c(O)c1. The van der Waals surface area contributed by atoms with Gasteiger partial charge in [-0.3, -0.25) is 0 Å². The second-order valence-corrected chi connectivity index (χ2v) is 2.33. The van der Waals surface area contributed by atoms with Gasteiger partial charge in [0, 0.05) is 0 Å². The molecule has 12 heavy (non-hydrogen) atoms. The molecule has 0 aliphatic heterocycles. The molecule has 1 aromatic rings. The molecule has 0 spiro atoms. The van der Waals surface area contributed by atoms with Crippen molar-refractivity contribution in [2.24, 2.45) is 0 Å². The van der Waals surface area contributed by atoms with Crippen molar-refractivity contribution in [1.82, 2.24) is 0 Å². The fourth-order valence-electron chi connectivity index (χ4n) is 0.833. The van der Waals surface area contributed by atoms with Gasteiger partial charge in [-0.05, 0) is 17.7 Å². The molecule has 3 heteroatoms. The topological polar surface area (TPSA) is 60.7 Å². The molecule has 0 fully saturated rings. The van der Waals surface area contributed by atoms with E-state index in [2.05, 4.69) is 0 Å². The fourth-order valence-corrected chi connectivity index (χ4v) is 0.833. The molecule has 0 aromatic heterocycles. The predicted octanol–water partition coefficient (Wildman–Crippen LogP) is 1.10. The maximum absolute atomic E-state index is 9.05. The van der Waals surface area contributed by atoms with E-state index in [-0.39, 0.29) is 18.1 Å². The molecule has 0 saturated heterocycles. The lowest BCUT2D eigenvalue weighted by atomic mass is 10.2. The Bertz CT molecular complexity index is 292. The van der Waals surface area contributed by atoms with Crippen molar-refractivity contribution in [2.75, 3.05) is 6.61 Å². The first-order valence-electron chi connectivity index (χ1n) is 3.53. The first kappa shape index (κ1) is 8.62. The van der Waals surface area contributed by atoms with Crippen LogP contribution < -0.4 is 0 Å². The third kappa shape index (κ3) is 2.00. The van der Waals surface area contributed by atoms with Crippen LogP contribution in [-0.4, -0.2) is 21.9 Å². The van der Waals surface area contributed by atoms with E-state index in [1.165, 1.54) is 12.1 Å². The highest BCUT2D eigenvalue weighted by atomic mass is 16.3. The van der Waals surface area contributed by atoms with E-state index in [1.807, 2.05) is 0 Å². The summed E-state index contributed by atoms with van der Waals surface area (Å²) in [6.45, 7) is -0.0400. The first-order valence-corrected chi connectivity index (χ1v) is 3.53. The molecule has 0 aliphatic carbocycles. The summed E-state index contributed by atoms with van der Waals surface area (Å²) in [4.78, 5) is 0. The van der Waals surface area contributed by atoms with Gasteiger partial charge in [0.1, 0.15) is 0 Å². The lowest BCUT2D eigenvalue weighted by Crippen LogP contribution is -1.75. The maximum Gasteiger partial charge on any atom is 0.157 e. The van der Waals surface area contributed by atoms with Crippen LogP contribution >= 0.6 is 0 Å². The van der Waals surface area contributed by atoms with Crippen LogP contribution in [0.1, 0.15) is 5.56 Å². The molecule has 0 saturated carbocycles. The van der Waals surface area contributed by atoms with E-state index in [4.69, 9.17) is 15.3 Å². The van der Waals surface area contributed by atoms with Crippen LogP contribution in [0.25, 0.3) is 6.08 Å². The van der Waals surface area contributed by atoms with E-state index < -0.39 is 0 Å². The minimum atomic E-state index is -0.157. The number of aromatic hydroxyl groups is 2. The van der Waals surface area contributed by atoms with Crippen LogP contribution in [-0.2, 0) is 0 Å². The number of rotatable bonds is 2. The van der Waals surface area contributed by atoms with Crippen LogP contribution in [0, 0.1) is 0 Å². The zero-order chi connectivity index (χ0) is 8.97. The lowest BCUT2D eigenvalue weighted by Gasteiger charge is -1.97. The largest absolute Gasteiger partial charge is 0.504 e. The van der Waals surface area contributed by atoms with Gasteiger partial charge in [-0.25, -0.2) is 0 Å². The predicted molar refractivity (Wildman–Crippen MR) is 45.9 cm³/mol. The molecular weight excluding hydrogens is 156 g/mol. The molecule has 0 atom stereocenters. The van der Waals surface area contributed by atoms with Gasteiger partial charge in [-0.15, -0.1) is 0 Å². The number of phenols is 2. The summed E-state index contributed by atoms with van der Waals surface area (Å²) in [5, 5.41) is 26.5. The van der Waals surface area contributed by atoms with Crippen molar-refractivity contribution in [3.05, 3.63) is 29.8 Å². The second kappa shape index (κ2) is 3.78. The van der Waals surface area contributed by atoms with E-state index in [9.17, 15) is 0 Å². The van der Waals surface area contributed by atoms with E-state index in [0.29, 0.717) is 0 Å². The number of benzene rings is 1. The molecule has 0 radical (unpaired) electrons. The second-order valence-electron chi connectivity index (χ2n) is 2.33. The van der Waals surface area contributed by atoms with Crippen molar-refractivity contribution < 1.29 is 15.3 Å². The number of phenolic OH excluding ortho intramolecular Hbond substituents is 2. The highest BCUT2D eigenvalue weighted by Gasteiger charge is 1.96. The summed E-state index contributed by atoms with van der Waals surface area (Å²) < 4.78 is 0.